The molecule has 0 spiro atoms. The third-order valence-corrected chi connectivity index (χ3v) is 3.69. The maximum Gasteiger partial charge on any atom is 0.340 e. The standard InChI is InChI=1S/C18H18N2O5/c1-4-25-18(22)16-11(2)17(19-12(16)3)15(21)10-7-13-5-8-14(9-6-13)20(23)24/h5-10,19H,4H2,1-3H3. The number of non-ortho nitro benzene ring substituents is 1. The van der Waals surface area contributed by atoms with E-state index in [9.17, 15) is 19.7 Å². The second-order valence-electron chi connectivity index (χ2n) is 5.39. The average Bonchev–Trinajstić information content (AvgIpc) is 2.88. The van der Waals surface area contributed by atoms with Crippen molar-refractivity contribution >= 4 is 23.5 Å². The molecule has 1 aromatic heterocycles. The molecule has 130 valence electrons. The molecular formula is C18H18N2O5. The minimum atomic E-state index is -0.485. The van der Waals surface area contributed by atoms with Crippen molar-refractivity contribution < 1.29 is 19.2 Å². The summed E-state index contributed by atoms with van der Waals surface area (Å²) in [6.45, 7) is 5.36. The molecule has 1 heterocycles. The average molecular weight is 342 g/mol. The van der Waals surface area contributed by atoms with Gasteiger partial charge in [-0.2, -0.15) is 0 Å². The van der Waals surface area contributed by atoms with Crippen molar-refractivity contribution in [3.63, 3.8) is 0 Å². The van der Waals surface area contributed by atoms with E-state index < -0.39 is 10.9 Å². The van der Waals surface area contributed by atoms with Gasteiger partial charge in [0.05, 0.1) is 22.8 Å². The molecule has 0 atom stereocenters. The molecule has 0 aliphatic rings. The summed E-state index contributed by atoms with van der Waals surface area (Å²) in [6.07, 6.45) is 2.92. The highest BCUT2D eigenvalue weighted by Gasteiger charge is 2.21. The van der Waals surface area contributed by atoms with Gasteiger partial charge in [-0.3, -0.25) is 14.9 Å². The van der Waals surface area contributed by atoms with Gasteiger partial charge in [0.25, 0.3) is 5.69 Å². The molecule has 0 fully saturated rings. The molecule has 25 heavy (non-hydrogen) atoms. The third-order valence-electron chi connectivity index (χ3n) is 3.69. The van der Waals surface area contributed by atoms with Gasteiger partial charge in [0, 0.05) is 17.8 Å². The van der Waals surface area contributed by atoms with Crippen LogP contribution in [0, 0.1) is 24.0 Å². The summed E-state index contributed by atoms with van der Waals surface area (Å²) < 4.78 is 5.00. The fourth-order valence-corrected chi connectivity index (χ4v) is 2.47. The fourth-order valence-electron chi connectivity index (χ4n) is 2.47. The van der Waals surface area contributed by atoms with E-state index in [4.69, 9.17) is 4.74 Å². The van der Waals surface area contributed by atoms with Gasteiger partial charge in [-0.15, -0.1) is 0 Å². The number of aromatic amines is 1. The maximum absolute atomic E-state index is 12.4. The Morgan fingerprint density at radius 2 is 1.88 bits per heavy atom. The highest BCUT2D eigenvalue weighted by Crippen LogP contribution is 2.20. The number of ether oxygens (including phenoxy) is 1. The minimum absolute atomic E-state index is 0.0154. The van der Waals surface area contributed by atoms with Gasteiger partial charge in [-0.25, -0.2) is 4.79 Å². The highest BCUT2D eigenvalue weighted by atomic mass is 16.6. The summed E-state index contributed by atoms with van der Waals surface area (Å²) in [6, 6.07) is 5.84. The zero-order valence-corrected chi connectivity index (χ0v) is 14.2. The Balaban J connectivity index is 2.22. The minimum Gasteiger partial charge on any atom is -0.462 e. The van der Waals surface area contributed by atoms with Crippen molar-refractivity contribution in [3.05, 3.63) is 68.5 Å². The quantitative estimate of drug-likeness (QED) is 0.284. The Morgan fingerprint density at radius 1 is 1.24 bits per heavy atom. The van der Waals surface area contributed by atoms with E-state index in [0.29, 0.717) is 28.1 Å². The van der Waals surface area contributed by atoms with Crippen molar-refractivity contribution in [1.82, 2.24) is 4.98 Å². The number of esters is 1. The van der Waals surface area contributed by atoms with Crippen LogP contribution >= 0.6 is 0 Å². The Labute approximate surface area is 144 Å². The number of nitro groups is 1. The Kier molecular flexibility index (Phi) is 5.49. The van der Waals surface area contributed by atoms with Gasteiger partial charge in [0.2, 0.25) is 5.78 Å². The summed E-state index contributed by atoms with van der Waals surface area (Å²) in [4.78, 5) is 37.4. The van der Waals surface area contributed by atoms with Crippen LogP contribution in [0.1, 0.15) is 44.6 Å². The smallest absolute Gasteiger partial charge is 0.340 e. The van der Waals surface area contributed by atoms with Crippen molar-refractivity contribution in [2.75, 3.05) is 6.61 Å². The van der Waals surface area contributed by atoms with E-state index >= 15 is 0 Å². The number of allylic oxidation sites excluding steroid dienone is 1. The van der Waals surface area contributed by atoms with Crippen LogP contribution in [0.25, 0.3) is 6.08 Å². The first-order valence-electron chi connectivity index (χ1n) is 7.68. The largest absolute Gasteiger partial charge is 0.462 e. The number of hydrogen-bond acceptors (Lipinski definition) is 5. The predicted molar refractivity (Wildman–Crippen MR) is 92.7 cm³/mol. The van der Waals surface area contributed by atoms with Crippen molar-refractivity contribution in [1.29, 1.82) is 0 Å². The summed E-state index contributed by atoms with van der Waals surface area (Å²) in [5.74, 6) is -0.762. The second kappa shape index (κ2) is 7.57. The molecule has 0 saturated carbocycles. The number of rotatable bonds is 6. The van der Waals surface area contributed by atoms with Crippen molar-refractivity contribution in [3.8, 4) is 0 Å². The molecule has 2 rings (SSSR count). The predicted octanol–water partition coefficient (Wildman–Crippen LogP) is 3.61. The van der Waals surface area contributed by atoms with E-state index in [-0.39, 0.29) is 18.1 Å². The number of benzene rings is 1. The molecule has 7 nitrogen and oxygen atoms in total. The molecule has 0 aliphatic heterocycles. The number of hydrogen-bond donors (Lipinski definition) is 1. The molecule has 7 heteroatoms. The summed E-state index contributed by atoms with van der Waals surface area (Å²) >= 11 is 0. The lowest BCUT2D eigenvalue weighted by molar-refractivity contribution is -0.384. The summed E-state index contributed by atoms with van der Waals surface area (Å²) in [5.41, 5.74) is 2.44. The summed E-state index contributed by atoms with van der Waals surface area (Å²) in [7, 11) is 0. The topological polar surface area (TPSA) is 102 Å². The van der Waals surface area contributed by atoms with E-state index in [0.717, 1.165) is 0 Å². The first kappa shape index (κ1) is 18.1. The second-order valence-corrected chi connectivity index (χ2v) is 5.39. The van der Waals surface area contributed by atoms with E-state index in [2.05, 4.69) is 4.98 Å². The molecule has 0 saturated heterocycles. The van der Waals surface area contributed by atoms with Crippen LogP contribution < -0.4 is 0 Å². The number of carbonyl (C=O) groups is 2. The molecule has 0 aliphatic carbocycles. The first-order valence-corrected chi connectivity index (χ1v) is 7.68. The zero-order valence-electron chi connectivity index (χ0n) is 14.2. The number of nitro benzene ring substituents is 1. The summed E-state index contributed by atoms with van der Waals surface area (Å²) in [5, 5.41) is 10.6. The van der Waals surface area contributed by atoms with Crippen molar-refractivity contribution in [2.45, 2.75) is 20.8 Å². The van der Waals surface area contributed by atoms with Crippen LogP contribution in [-0.2, 0) is 4.74 Å². The van der Waals surface area contributed by atoms with E-state index in [1.165, 1.54) is 18.2 Å². The van der Waals surface area contributed by atoms with Crippen LogP contribution in [0.5, 0.6) is 0 Å². The lowest BCUT2D eigenvalue weighted by Crippen LogP contribution is -2.07. The van der Waals surface area contributed by atoms with Crippen LogP contribution in [0.3, 0.4) is 0 Å². The number of nitrogens with zero attached hydrogens (tertiary/aromatic N) is 1. The number of aryl methyl sites for hydroxylation is 1. The van der Waals surface area contributed by atoms with Crippen LogP contribution in [0.4, 0.5) is 5.69 Å². The molecular weight excluding hydrogens is 324 g/mol. The van der Waals surface area contributed by atoms with Gasteiger partial charge in [0.1, 0.15) is 0 Å². The maximum atomic E-state index is 12.4. The third kappa shape index (κ3) is 4.00. The van der Waals surface area contributed by atoms with E-state index in [1.807, 2.05) is 0 Å². The van der Waals surface area contributed by atoms with Crippen LogP contribution in [-0.4, -0.2) is 28.3 Å². The van der Waals surface area contributed by atoms with E-state index in [1.54, 1.807) is 39.0 Å². The number of aromatic nitrogens is 1. The number of H-pyrrole nitrogens is 1. The first-order chi connectivity index (χ1) is 11.8. The molecule has 0 unspecified atom stereocenters. The number of carbonyl (C=O) groups excluding carboxylic acids is 2. The molecule has 0 amide bonds. The monoisotopic (exact) mass is 342 g/mol. The lowest BCUT2D eigenvalue weighted by Gasteiger charge is -2.02. The molecule has 1 aromatic carbocycles. The van der Waals surface area contributed by atoms with Crippen LogP contribution in [0.15, 0.2) is 30.3 Å². The molecule has 0 radical (unpaired) electrons. The molecule has 1 N–H and O–H groups in total. The Bertz CT molecular complexity index is 847. The Hall–Kier alpha value is -3.22. The van der Waals surface area contributed by atoms with Gasteiger partial charge in [-0.1, -0.05) is 6.08 Å². The fraction of sp³-hybridized carbons (Fsp3) is 0.222. The zero-order chi connectivity index (χ0) is 18.6. The number of nitrogens with one attached hydrogen (secondary N) is 1. The molecule has 0 bridgehead atoms. The molecule has 2 aromatic rings. The normalized spacial score (nSPS) is 10.8. The van der Waals surface area contributed by atoms with Gasteiger partial charge in [0.15, 0.2) is 0 Å². The lowest BCUT2D eigenvalue weighted by atomic mass is 10.1. The van der Waals surface area contributed by atoms with Crippen molar-refractivity contribution in [2.24, 2.45) is 0 Å². The van der Waals surface area contributed by atoms with Gasteiger partial charge in [-0.05, 0) is 50.1 Å². The van der Waals surface area contributed by atoms with Crippen LogP contribution in [0.2, 0.25) is 0 Å². The number of ketones is 1. The van der Waals surface area contributed by atoms with Gasteiger partial charge >= 0.3 is 5.97 Å². The van der Waals surface area contributed by atoms with Gasteiger partial charge < -0.3 is 9.72 Å². The Morgan fingerprint density at radius 3 is 2.44 bits per heavy atom. The highest BCUT2D eigenvalue weighted by molar-refractivity contribution is 6.08. The SMILES string of the molecule is CCOC(=O)c1c(C)[nH]c(C(=O)C=Cc2ccc([N+](=O)[O-])cc2)c1C.